The van der Waals surface area contributed by atoms with Crippen LogP contribution in [0.2, 0.25) is 0 Å². The monoisotopic (exact) mass is 334 g/mol. The van der Waals surface area contributed by atoms with Gasteiger partial charge in [0.1, 0.15) is 11.5 Å². The van der Waals surface area contributed by atoms with Crippen LogP contribution < -0.4 is 4.90 Å². The molecule has 0 unspecified atom stereocenters. The molecule has 2 aromatic carbocycles. The van der Waals surface area contributed by atoms with Gasteiger partial charge in [-0.1, -0.05) is 12.1 Å². The minimum Gasteiger partial charge on any atom is -0.508 e. The Hall–Kier alpha value is -2.25. The molecule has 122 valence electrons. The number of nitrogens with zero attached hydrogens (tertiary/aromatic N) is 2. The Morgan fingerprint density at radius 1 is 0.826 bits per heavy atom. The Bertz CT molecular complexity index is 799. The molecular formula is C16H18N2O4S. The van der Waals surface area contributed by atoms with Crippen molar-refractivity contribution in [3.05, 3.63) is 48.5 Å². The van der Waals surface area contributed by atoms with E-state index in [4.69, 9.17) is 0 Å². The van der Waals surface area contributed by atoms with Gasteiger partial charge >= 0.3 is 0 Å². The maximum atomic E-state index is 12.6. The van der Waals surface area contributed by atoms with Gasteiger partial charge in [0.15, 0.2) is 0 Å². The smallest absolute Gasteiger partial charge is 0.243 e. The number of benzene rings is 2. The van der Waals surface area contributed by atoms with Crippen molar-refractivity contribution in [1.29, 1.82) is 0 Å². The third-order valence-corrected chi connectivity index (χ3v) is 5.78. The molecule has 0 spiro atoms. The summed E-state index contributed by atoms with van der Waals surface area (Å²) in [4.78, 5) is 2.14. The van der Waals surface area contributed by atoms with Crippen molar-refractivity contribution in [2.24, 2.45) is 0 Å². The van der Waals surface area contributed by atoms with Crippen LogP contribution in [-0.2, 0) is 10.0 Å². The lowest BCUT2D eigenvalue weighted by atomic mass is 10.2. The summed E-state index contributed by atoms with van der Waals surface area (Å²) in [5, 5.41) is 19.0. The molecule has 0 bridgehead atoms. The first-order valence-corrected chi connectivity index (χ1v) is 8.74. The Kier molecular flexibility index (Phi) is 4.14. The lowest BCUT2D eigenvalue weighted by molar-refractivity contribution is 0.384. The second kappa shape index (κ2) is 6.10. The lowest BCUT2D eigenvalue weighted by Crippen LogP contribution is -2.48. The number of phenolic OH excluding ortho intramolecular Hbond substituents is 2. The molecule has 0 aliphatic carbocycles. The summed E-state index contributed by atoms with van der Waals surface area (Å²) in [5.74, 6) is 0.127. The first-order valence-electron chi connectivity index (χ1n) is 7.30. The fourth-order valence-electron chi connectivity index (χ4n) is 2.67. The molecule has 3 rings (SSSR count). The first-order chi connectivity index (χ1) is 11.0. The van der Waals surface area contributed by atoms with Crippen molar-refractivity contribution in [3.8, 4) is 11.5 Å². The number of aromatic hydroxyl groups is 2. The van der Waals surface area contributed by atoms with Crippen LogP contribution in [0, 0.1) is 0 Å². The van der Waals surface area contributed by atoms with Crippen LogP contribution in [0.5, 0.6) is 11.5 Å². The predicted octanol–water partition coefficient (Wildman–Crippen LogP) is 1.61. The van der Waals surface area contributed by atoms with Crippen molar-refractivity contribution >= 4 is 15.7 Å². The van der Waals surface area contributed by atoms with Crippen LogP contribution in [0.25, 0.3) is 0 Å². The third-order valence-electron chi connectivity index (χ3n) is 3.89. The number of anilines is 1. The molecule has 0 radical (unpaired) electrons. The topological polar surface area (TPSA) is 81.1 Å². The van der Waals surface area contributed by atoms with Crippen molar-refractivity contribution in [2.75, 3.05) is 31.1 Å². The molecule has 1 saturated heterocycles. The molecule has 0 saturated carbocycles. The molecule has 0 atom stereocenters. The summed E-state index contributed by atoms with van der Waals surface area (Å²) in [7, 11) is -3.60. The number of sulfonamides is 1. The van der Waals surface area contributed by atoms with E-state index in [-0.39, 0.29) is 16.4 Å². The second-order valence-electron chi connectivity index (χ2n) is 5.41. The molecular weight excluding hydrogens is 316 g/mol. The highest BCUT2D eigenvalue weighted by molar-refractivity contribution is 7.89. The second-order valence-corrected chi connectivity index (χ2v) is 7.35. The fourth-order valence-corrected chi connectivity index (χ4v) is 4.13. The van der Waals surface area contributed by atoms with Crippen molar-refractivity contribution in [3.63, 3.8) is 0 Å². The molecule has 6 nitrogen and oxygen atoms in total. The van der Waals surface area contributed by atoms with E-state index in [1.807, 2.05) is 11.0 Å². The Morgan fingerprint density at radius 2 is 1.43 bits per heavy atom. The third kappa shape index (κ3) is 3.25. The minimum absolute atomic E-state index is 0.0653. The lowest BCUT2D eigenvalue weighted by Gasteiger charge is -2.35. The van der Waals surface area contributed by atoms with Gasteiger partial charge in [0.05, 0.1) is 4.90 Å². The highest BCUT2D eigenvalue weighted by Crippen LogP contribution is 2.24. The highest BCUT2D eigenvalue weighted by Gasteiger charge is 2.28. The molecule has 23 heavy (non-hydrogen) atoms. The number of hydrogen-bond donors (Lipinski definition) is 2. The van der Waals surface area contributed by atoms with Crippen LogP contribution in [-0.4, -0.2) is 49.1 Å². The van der Waals surface area contributed by atoms with Crippen LogP contribution in [0.4, 0.5) is 5.69 Å². The molecule has 1 aliphatic heterocycles. The van der Waals surface area contributed by atoms with Crippen molar-refractivity contribution in [2.45, 2.75) is 4.90 Å². The Labute approximate surface area is 135 Å². The van der Waals surface area contributed by atoms with E-state index in [1.165, 1.54) is 28.6 Å². The van der Waals surface area contributed by atoms with E-state index in [0.717, 1.165) is 5.69 Å². The van der Waals surface area contributed by atoms with Gasteiger partial charge in [0, 0.05) is 37.9 Å². The average Bonchev–Trinajstić information content (AvgIpc) is 2.55. The van der Waals surface area contributed by atoms with Crippen LogP contribution in [0.1, 0.15) is 0 Å². The molecule has 1 aliphatic rings. The Morgan fingerprint density at radius 3 is 2.04 bits per heavy atom. The van der Waals surface area contributed by atoms with E-state index in [1.54, 1.807) is 18.2 Å². The average molecular weight is 334 g/mol. The van der Waals surface area contributed by atoms with Crippen LogP contribution >= 0.6 is 0 Å². The van der Waals surface area contributed by atoms with Gasteiger partial charge in [-0.15, -0.1) is 0 Å². The normalized spacial score (nSPS) is 16.4. The standard InChI is InChI=1S/C16H18N2O4S/c19-14-4-1-3-13(11-14)17-7-9-18(10-8-17)23(21,22)16-6-2-5-15(20)12-16/h1-6,11-12,19-20H,7-10H2. The van der Waals surface area contributed by atoms with Crippen LogP contribution in [0.3, 0.4) is 0 Å². The van der Waals surface area contributed by atoms with E-state index < -0.39 is 10.0 Å². The van der Waals surface area contributed by atoms with Crippen molar-refractivity contribution in [1.82, 2.24) is 4.31 Å². The SMILES string of the molecule is O=S(=O)(c1cccc(O)c1)N1CCN(c2cccc(O)c2)CC1. The molecule has 1 heterocycles. The number of phenols is 2. The largest absolute Gasteiger partial charge is 0.508 e. The zero-order valence-corrected chi connectivity index (χ0v) is 13.3. The summed E-state index contributed by atoms with van der Waals surface area (Å²) in [6.45, 7) is 1.80. The van der Waals surface area contributed by atoms with E-state index in [9.17, 15) is 18.6 Å². The van der Waals surface area contributed by atoms with Gasteiger partial charge < -0.3 is 15.1 Å². The number of hydrogen-bond acceptors (Lipinski definition) is 5. The summed E-state index contributed by atoms with van der Waals surface area (Å²) in [5.41, 5.74) is 0.874. The van der Waals surface area contributed by atoms with Gasteiger partial charge in [-0.3, -0.25) is 0 Å². The summed E-state index contributed by atoms with van der Waals surface area (Å²) in [6, 6.07) is 12.6. The molecule has 0 aromatic heterocycles. The van der Waals surface area contributed by atoms with Gasteiger partial charge in [0.25, 0.3) is 0 Å². The highest BCUT2D eigenvalue weighted by atomic mass is 32.2. The zero-order valence-electron chi connectivity index (χ0n) is 12.5. The van der Waals surface area contributed by atoms with Gasteiger partial charge in [-0.2, -0.15) is 4.31 Å². The summed E-state index contributed by atoms with van der Waals surface area (Å²) in [6.07, 6.45) is 0. The van der Waals surface area contributed by atoms with Crippen LogP contribution in [0.15, 0.2) is 53.4 Å². The summed E-state index contributed by atoms with van der Waals surface area (Å²) < 4.78 is 26.6. The predicted molar refractivity (Wildman–Crippen MR) is 87.2 cm³/mol. The molecule has 0 amide bonds. The quantitative estimate of drug-likeness (QED) is 0.891. The maximum absolute atomic E-state index is 12.6. The van der Waals surface area contributed by atoms with E-state index >= 15 is 0 Å². The maximum Gasteiger partial charge on any atom is 0.243 e. The molecule has 1 fully saturated rings. The summed E-state index contributed by atoms with van der Waals surface area (Å²) >= 11 is 0. The molecule has 7 heteroatoms. The number of piperazine rings is 1. The molecule has 2 N–H and O–H groups in total. The van der Waals surface area contributed by atoms with Gasteiger partial charge in [0.2, 0.25) is 10.0 Å². The number of rotatable bonds is 3. The molecule has 2 aromatic rings. The fraction of sp³-hybridized carbons (Fsp3) is 0.250. The minimum atomic E-state index is -3.60. The van der Waals surface area contributed by atoms with Gasteiger partial charge in [-0.05, 0) is 30.3 Å². The Balaban J connectivity index is 1.73. The van der Waals surface area contributed by atoms with Gasteiger partial charge in [-0.25, -0.2) is 8.42 Å². The van der Waals surface area contributed by atoms with Crippen molar-refractivity contribution < 1.29 is 18.6 Å². The van der Waals surface area contributed by atoms with E-state index in [2.05, 4.69) is 0 Å². The zero-order chi connectivity index (χ0) is 16.4. The first kappa shape index (κ1) is 15.6. The van der Waals surface area contributed by atoms with E-state index in [0.29, 0.717) is 26.2 Å².